The van der Waals surface area contributed by atoms with E-state index in [1.165, 1.54) is 19.3 Å². The van der Waals surface area contributed by atoms with Crippen LogP contribution < -0.4 is 4.90 Å². The zero-order valence-electron chi connectivity index (χ0n) is 21.0. The molecule has 8 nitrogen and oxygen atoms in total. The lowest BCUT2D eigenvalue weighted by Gasteiger charge is -2.29. The number of rotatable bonds is 4. The van der Waals surface area contributed by atoms with Crippen LogP contribution in [0.2, 0.25) is 0 Å². The summed E-state index contributed by atoms with van der Waals surface area (Å²) in [6.45, 7) is 4.75. The van der Waals surface area contributed by atoms with E-state index in [0.717, 1.165) is 99.9 Å². The first-order valence-corrected chi connectivity index (χ1v) is 13.7. The number of ether oxygens (including phenoxy) is 1. The van der Waals surface area contributed by atoms with Crippen molar-refractivity contribution in [2.24, 2.45) is 5.92 Å². The summed E-state index contributed by atoms with van der Waals surface area (Å²) in [4.78, 5) is 27.9. The van der Waals surface area contributed by atoms with E-state index in [4.69, 9.17) is 19.8 Å². The summed E-state index contributed by atoms with van der Waals surface area (Å²) in [6, 6.07) is 10.2. The highest BCUT2D eigenvalue weighted by Gasteiger charge is 2.29. The van der Waals surface area contributed by atoms with Gasteiger partial charge in [-0.05, 0) is 44.2 Å². The SMILES string of the molecule is O=C(C1CCCCC1)N1CCCN(c2nc(C3CCOCC3)nc3c2cnn3-c2ccccc2)CC1. The molecule has 1 amide bonds. The lowest BCUT2D eigenvalue weighted by atomic mass is 9.88. The maximum atomic E-state index is 13.2. The van der Waals surface area contributed by atoms with E-state index in [-0.39, 0.29) is 11.8 Å². The predicted molar refractivity (Wildman–Crippen MR) is 139 cm³/mol. The third-order valence-electron chi connectivity index (χ3n) is 8.07. The van der Waals surface area contributed by atoms with Crippen molar-refractivity contribution >= 4 is 22.8 Å². The summed E-state index contributed by atoms with van der Waals surface area (Å²) >= 11 is 0. The quantitative estimate of drug-likeness (QED) is 0.544. The van der Waals surface area contributed by atoms with E-state index in [9.17, 15) is 4.79 Å². The molecule has 1 aromatic carbocycles. The molecule has 3 aliphatic rings. The topological polar surface area (TPSA) is 76.4 Å². The van der Waals surface area contributed by atoms with E-state index in [1.54, 1.807) is 0 Å². The van der Waals surface area contributed by atoms with Crippen molar-refractivity contribution in [1.82, 2.24) is 24.6 Å². The predicted octanol–water partition coefficient (Wildman–Crippen LogP) is 4.33. The van der Waals surface area contributed by atoms with Crippen molar-refractivity contribution < 1.29 is 9.53 Å². The molecule has 2 saturated heterocycles. The Morgan fingerprint density at radius 1 is 0.861 bits per heavy atom. The third kappa shape index (κ3) is 4.71. The molecule has 3 aromatic rings. The normalized spacial score (nSPS) is 20.6. The van der Waals surface area contributed by atoms with Gasteiger partial charge in [-0.25, -0.2) is 14.6 Å². The molecule has 0 radical (unpaired) electrons. The molecule has 6 rings (SSSR count). The minimum atomic E-state index is 0.222. The van der Waals surface area contributed by atoms with Gasteiger partial charge in [0.05, 0.1) is 17.3 Å². The molecule has 3 fully saturated rings. The third-order valence-corrected chi connectivity index (χ3v) is 8.07. The van der Waals surface area contributed by atoms with E-state index < -0.39 is 0 Å². The Morgan fingerprint density at radius 3 is 2.47 bits per heavy atom. The Bertz CT molecular complexity index is 1180. The van der Waals surface area contributed by atoms with Gasteiger partial charge in [-0.15, -0.1) is 0 Å². The van der Waals surface area contributed by atoms with Crippen LogP contribution in [0.3, 0.4) is 0 Å². The van der Waals surface area contributed by atoms with E-state index in [1.807, 2.05) is 29.1 Å². The number of carbonyl (C=O) groups is 1. The average molecular weight is 489 g/mol. The Kier molecular flexibility index (Phi) is 6.86. The summed E-state index contributed by atoms with van der Waals surface area (Å²) in [7, 11) is 0. The van der Waals surface area contributed by atoms with Crippen molar-refractivity contribution in [2.75, 3.05) is 44.3 Å². The molecule has 0 N–H and O–H groups in total. The number of amides is 1. The van der Waals surface area contributed by atoms with Crippen LogP contribution in [0.5, 0.6) is 0 Å². The number of para-hydroxylation sites is 1. The van der Waals surface area contributed by atoms with E-state index in [0.29, 0.717) is 5.91 Å². The second-order valence-electron chi connectivity index (χ2n) is 10.4. The average Bonchev–Trinajstić information content (AvgIpc) is 3.23. The van der Waals surface area contributed by atoms with Gasteiger partial charge in [0.1, 0.15) is 11.6 Å². The van der Waals surface area contributed by atoms with Crippen LogP contribution in [0.1, 0.15) is 63.1 Å². The molecule has 1 aliphatic carbocycles. The van der Waals surface area contributed by atoms with Crippen molar-refractivity contribution in [3.8, 4) is 5.69 Å². The standard InChI is InChI=1S/C28H36N6O2/c35-28(22-8-3-1-4-9-22)33-15-7-14-32(16-17-33)26-24-20-29-34(23-10-5-2-6-11-23)27(24)31-25(30-26)21-12-18-36-19-13-21/h2,5-6,10-11,20-22H,1,3-4,7-9,12-19H2. The number of hydrogen-bond donors (Lipinski definition) is 0. The molecule has 0 bridgehead atoms. The van der Waals surface area contributed by atoms with Gasteiger partial charge in [0.25, 0.3) is 0 Å². The first-order valence-electron chi connectivity index (χ1n) is 13.7. The van der Waals surface area contributed by atoms with Gasteiger partial charge < -0.3 is 14.5 Å². The first kappa shape index (κ1) is 23.4. The van der Waals surface area contributed by atoms with Crippen LogP contribution in [0.4, 0.5) is 5.82 Å². The van der Waals surface area contributed by atoms with E-state index in [2.05, 4.69) is 21.9 Å². The monoisotopic (exact) mass is 488 g/mol. The lowest BCUT2D eigenvalue weighted by molar-refractivity contribution is -0.136. The number of fused-ring (bicyclic) bond motifs is 1. The van der Waals surface area contributed by atoms with Crippen LogP contribution in [0.25, 0.3) is 16.7 Å². The van der Waals surface area contributed by atoms with Gasteiger partial charge in [-0.2, -0.15) is 5.10 Å². The number of aromatic nitrogens is 4. The number of hydrogen-bond acceptors (Lipinski definition) is 6. The molecule has 8 heteroatoms. The van der Waals surface area contributed by atoms with E-state index >= 15 is 0 Å². The fraction of sp³-hybridized carbons (Fsp3) is 0.571. The van der Waals surface area contributed by atoms with Crippen LogP contribution >= 0.6 is 0 Å². The Balaban J connectivity index is 1.32. The largest absolute Gasteiger partial charge is 0.381 e. The van der Waals surface area contributed by atoms with Gasteiger partial charge in [0.15, 0.2) is 5.65 Å². The van der Waals surface area contributed by atoms with Crippen LogP contribution in [-0.4, -0.2) is 69.9 Å². The molecule has 1 saturated carbocycles. The zero-order chi connectivity index (χ0) is 24.3. The molecule has 0 spiro atoms. The molecular formula is C28H36N6O2. The number of anilines is 1. The minimum absolute atomic E-state index is 0.222. The highest BCUT2D eigenvalue weighted by Crippen LogP contribution is 2.32. The molecule has 0 unspecified atom stereocenters. The van der Waals surface area contributed by atoms with Crippen molar-refractivity contribution in [1.29, 1.82) is 0 Å². The highest BCUT2D eigenvalue weighted by atomic mass is 16.5. The first-order chi connectivity index (χ1) is 17.8. The summed E-state index contributed by atoms with van der Waals surface area (Å²) in [5.41, 5.74) is 1.85. The smallest absolute Gasteiger partial charge is 0.225 e. The molecule has 2 aliphatic heterocycles. The molecule has 0 atom stereocenters. The fourth-order valence-electron chi connectivity index (χ4n) is 6.00. The molecule has 190 valence electrons. The number of carbonyl (C=O) groups excluding carboxylic acids is 1. The van der Waals surface area contributed by atoms with Gasteiger partial charge >= 0.3 is 0 Å². The van der Waals surface area contributed by atoms with Crippen molar-refractivity contribution in [2.45, 2.75) is 57.3 Å². The summed E-state index contributed by atoms with van der Waals surface area (Å²) in [6.07, 6.45) is 10.5. The Labute approximate surface area is 212 Å². The second kappa shape index (κ2) is 10.5. The number of benzene rings is 1. The van der Waals surface area contributed by atoms with Gasteiger partial charge in [-0.1, -0.05) is 37.5 Å². The van der Waals surface area contributed by atoms with Crippen LogP contribution in [-0.2, 0) is 9.53 Å². The van der Waals surface area contributed by atoms with Crippen molar-refractivity contribution in [3.63, 3.8) is 0 Å². The Morgan fingerprint density at radius 2 is 1.67 bits per heavy atom. The molecule has 2 aromatic heterocycles. The molecule has 4 heterocycles. The van der Waals surface area contributed by atoms with Crippen molar-refractivity contribution in [3.05, 3.63) is 42.4 Å². The summed E-state index contributed by atoms with van der Waals surface area (Å²) in [5, 5.41) is 5.71. The second-order valence-corrected chi connectivity index (χ2v) is 10.4. The van der Waals surface area contributed by atoms with Gasteiger partial charge in [-0.3, -0.25) is 4.79 Å². The van der Waals surface area contributed by atoms with Crippen LogP contribution in [0, 0.1) is 5.92 Å². The molecule has 36 heavy (non-hydrogen) atoms. The van der Waals surface area contributed by atoms with Gasteiger partial charge in [0.2, 0.25) is 5.91 Å². The number of nitrogens with zero attached hydrogens (tertiary/aromatic N) is 6. The summed E-state index contributed by atoms with van der Waals surface area (Å²) < 4.78 is 7.54. The maximum Gasteiger partial charge on any atom is 0.225 e. The summed E-state index contributed by atoms with van der Waals surface area (Å²) in [5.74, 6) is 2.72. The fourth-order valence-corrected chi connectivity index (χ4v) is 6.00. The zero-order valence-corrected chi connectivity index (χ0v) is 21.0. The lowest BCUT2D eigenvalue weighted by Crippen LogP contribution is -2.39. The van der Waals surface area contributed by atoms with Crippen LogP contribution in [0.15, 0.2) is 36.5 Å². The van der Waals surface area contributed by atoms with Gasteiger partial charge in [0, 0.05) is 51.2 Å². The maximum absolute atomic E-state index is 13.2. The highest BCUT2D eigenvalue weighted by molar-refractivity contribution is 5.88. The Hall–Kier alpha value is -3.00. The minimum Gasteiger partial charge on any atom is -0.381 e. The molecular weight excluding hydrogens is 452 g/mol.